The van der Waals surface area contributed by atoms with Crippen LogP contribution in [0.2, 0.25) is 0 Å². The number of amides is 3. The van der Waals surface area contributed by atoms with E-state index in [-0.39, 0.29) is 30.1 Å². The maximum atomic E-state index is 12.8. The highest BCUT2D eigenvalue weighted by molar-refractivity contribution is 7.98. The molecule has 1 unspecified atom stereocenters. The maximum Gasteiger partial charge on any atom is 0.229 e. The number of rotatable bonds is 4. The predicted octanol–water partition coefficient (Wildman–Crippen LogP) is 3.31. The average molecular weight is 410 g/mol. The third kappa shape index (κ3) is 3.74. The molecule has 29 heavy (non-hydrogen) atoms. The van der Waals surface area contributed by atoms with Crippen molar-refractivity contribution in [3.05, 3.63) is 48.0 Å². The highest BCUT2D eigenvalue weighted by Crippen LogP contribution is 2.34. The largest absolute Gasteiger partial charge is 0.325 e. The average Bonchev–Trinajstić information content (AvgIpc) is 3.31. The highest BCUT2D eigenvalue weighted by atomic mass is 32.2. The van der Waals surface area contributed by atoms with Crippen LogP contribution in [0.3, 0.4) is 0 Å². The fourth-order valence-corrected chi connectivity index (χ4v) is 4.55. The molecule has 2 aromatic carbocycles. The normalized spacial score (nSPS) is 18.1. The van der Waals surface area contributed by atoms with Gasteiger partial charge in [0, 0.05) is 42.7 Å². The second kappa shape index (κ2) is 7.91. The second-order valence-corrected chi connectivity index (χ2v) is 8.18. The molecule has 0 aliphatic carbocycles. The summed E-state index contributed by atoms with van der Waals surface area (Å²) in [7, 11) is 0. The van der Waals surface area contributed by atoms with Crippen molar-refractivity contribution in [2.45, 2.75) is 24.7 Å². The van der Waals surface area contributed by atoms with Gasteiger partial charge in [-0.1, -0.05) is 12.1 Å². The summed E-state index contributed by atoms with van der Waals surface area (Å²) in [4.78, 5) is 41.5. The van der Waals surface area contributed by atoms with Gasteiger partial charge >= 0.3 is 0 Å². The topological polar surface area (TPSA) is 69.7 Å². The first-order chi connectivity index (χ1) is 14.0. The minimum atomic E-state index is -0.389. The van der Waals surface area contributed by atoms with Gasteiger partial charge in [0.05, 0.1) is 11.6 Å². The van der Waals surface area contributed by atoms with Crippen LogP contribution in [0, 0.1) is 5.92 Å². The van der Waals surface area contributed by atoms with Gasteiger partial charge in [-0.3, -0.25) is 14.4 Å². The van der Waals surface area contributed by atoms with Crippen molar-refractivity contribution in [3.8, 4) is 0 Å². The number of fused-ring (bicyclic) bond motifs is 1. The minimum Gasteiger partial charge on any atom is -0.325 e. The Morgan fingerprint density at radius 1 is 1.17 bits per heavy atom. The zero-order valence-corrected chi connectivity index (χ0v) is 17.3. The molecule has 0 spiro atoms. The Labute approximate surface area is 174 Å². The van der Waals surface area contributed by atoms with E-state index in [9.17, 15) is 14.4 Å². The lowest BCUT2D eigenvalue weighted by Crippen LogP contribution is -2.28. The molecule has 4 rings (SSSR count). The van der Waals surface area contributed by atoms with Crippen molar-refractivity contribution in [1.82, 2.24) is 0 Å². The standard InChI is InChI=1S/C22H23N3O3S/c1-14(26)24-10-9-15-11-17(7-8-19(15)24)25-13-16(12-21(25)27)22(28)23-18-5-3-4-6-20(18)29-2/h3-8,11,16H,9-10,12-13H2,1-2H3,(H,23,28). The predicted molar refractivity (Wildman–Crippen MR) is 115 cm³/mol. The molecule has 150 valence electrons. The van der Waals surface area contributed by atoms with E-state index in [0.29, 0.717) is 13.1 Å². The lowest BCUT2D eigenvalue weighted by Gasteiger charge is -2.19. The summed E-state index contributed by atoms with van der Waals surface area (Å²) in [6.45, 7) is 2.59. The quantitative estimate of drug-likeness (QED) is 0.787. The number of thioether (sulfide) groups is 1. The van der Waals surface area contributed by atoms with Crippen LogP contribution in [0.25, 0.3) is 0 Å². The zero-order valence-electron chi connectivity index (χ0n) is 16.5. The minimum absolute atomic E-state index is 0.0241. The van der Waals surface area contributed by atoms with E-state index in [0.717, 1.165) is 33.9 Å². The van der Waals surface area contributed by atoms with Gasteiger partial charge in [0.15, 0.2) is 0 Å². The van der Waals surface area contributed by atoms with Crippen molar-refractivity contribution in [3.63, 3.8) is 0 Å². The number of para-hydroxylation sites is 1. The summed E-state index contributed by atoms with van der Waals surface area (Å²) in [6, 6.07) is 13.4. The Balaban J connectivity index is 1.48. The molecule has 0 bridgehead atoms. The number of hydrogen-bond acceptors (Lipinski definition) is 4. The third-order valence-electron chi connectivity index (χ3n) is 5.51. The molecule has 1 saturated heterocycles. The van der Waals surface area contributed by atoms with E-state index in [1.54, 1.807) is 28.5 Å². The van der Waals surface area contributed by atoms with Crippen molar-refractivity contribution in [2.24, 2.45) is 5.92 Å². The molecule has 0 saturated carbocycles. The molecule has 2 aliphatic rings. The Bertz CT molecular complexity index is 991. The van der Waals surface area contributed by atoms with Crippen LogP contribution >= 0.6 is 11.8 Å². The first kappa shape index (κ1) is 19.5. The Morgan fingerprint density at radius 3 is 2.72 bits per heavy atom. The van der Waals surface area contributed by atoms with Crippen LogP contribution in [0.4, 0.5) is 17.1 Å². The lowest BCUT2D eigenvalue weighted by atomic mass is 10.1. The number of nitrogens with zero attached hydrogens (tertiary/aromatic N) is 2. The number of nitrogens with one attached hydrogen (secondary N) is 1. The Kier molecular flexibility index (Phi) is 5.32. The molecular formula is C22H23N3O3S. The van der Waals surface area contributed by atoms with Gasteiger partial charge in [-0.25, -0.2) is 0 Å². The first-order valence-corrected chi connectivity index (χ1v) is 10.9. The van der Waals surface area contributed by atoms with Gasteiger partial charge < -0.3 is 15.1 Å². The van der Waals surface area contributed by atoms with Crippen molar-refractivity contribution < 1.29 is 14.4 Å². The number of benzene rings is 2. The van der Waals surface area contributed by atoms with E-state index in [4.69, 9.17) is 0 Å². The molecule has 6 nitrogen and oxygen atoms in total. The Morgan fingerprint density at radius 2 is 1.97 bits per heavy atom. The molecule has 0 radical (unpaired) electrons. The molecule has 2 aromatic rings. The third-order valence-corrected chi connectivity index (χ3v) is 6.31. The van der Waals surface area contributed by atoms with Gasteiger partial charge in [-0.05, 0) is 48.6 Å². The summed E-state index contributed by atoms with van der Waals surface area (Å²) in [5, 5.41) is 2.97. The number of carbonyl (C=O) groups is 3. The van der Waals surface area contributed by atoms with Crippen LogP contribution in [0.15, 0.2) is 47.4 Å². The molecular weight excluding hydrogens is 386 g/mol. The molecule has 1 fully saturated rings. The summed E-state index contributed by atoms with van der Waals surface area (Å²) < 4.78 is 0. The van der Waals surface area contributed by atoms with E-state index in [1.165, 1.54) is 0 Å². The molecule has 1 N–H and O–H groups in total. The molecule has 7 heteroatoms. The first-order valence-electron chi connectivity index (χ1n) is 9.63. The van der Waals surface area contributed by atoms with Crippen LogP contribution in [0.1, 0.15) is 18.9 Å². The molecule has 2 aliphatic heterocycles. The van der Waals surface area contributed by atoms with Crippen molar-refractivity contribution in [1.29, 1.82) is 0 Å². The van der Waals surface area contributed by atoms with Crippen molar-refractivity contribution in [2.75, 3.05) is 34.5 Å². The van der Waals surface area contributed by atoms with E-state index < -0.39 is 0 Å². The Hall–Kier alpha value is -2.80. The van der Waals surface area contributed by atoms with Crippen LogP contribution < -0.4 is 15.1 Å². The highest BCUT2D eigenvalue weighted by Gasteiger charge is 2.36. The lowest BCUT2D eigenvalue weighted by molar-refractivity contribution is -0.122. The molecule has 3 amide bonds. The number of anilines is 3. The van der Waals surface area contributed by atoms with E-state index in [2.05, 4.69) is 5.32 Å². The smallest absolute Gasteiger partial charge is 0.229 e. The molecule has 1 atom stereocenters. The van der Waals surface area contributed by atoms with Crippen LogP contribution in [-0.4, -0.2) is 37.1 Å². The fraction of sp³-hybridized carbons (Fsp3) is 0.318. The second-order valence-electron chi connectivity index (χ2n) is 7.33. The summed E-state index contributed by atoms with van der Waals surface area (Å²) in [6.07, 6.45) is 2.94. The van der Waals surface area contributed by atoms with Crippen LogP contribution in [-0.2, 0) is 20.8 Å². The van der Waals surface area contributed by atoms with E-state index in [1.807, 2.05) is 48.7 Å². The molecule has 0 aromatic heterocycles. The summed E-state index contributed by atoms with van der Waals surface area (Å²) >= 11 is 1.57. The number of hydrogen-bond donors (Lipinski definition) is 1. The zero-order chi connectivity index (χ0) is 20.5. The van der Waals surface area contributed by atoms with Gasteiger partial charge in [-0.15, -0.1) is 11.8 Å². The van der Waals surface area contributed by atoms with Gasteiger partial charge in [0.2, 0.25) is 17.7 Å². The molecule has 2 heterocycles. The maximum absolute atomic E-state index is 12.8. The monoisotopic (exact) mass is 409 g/mol. The van der Waals surface area contributed by atoms with Gasteiger partial charge in [-0.2, -0.15) is 0 Å². The summed E-state index contributed by atoms with van der Waals surface area (Å²) in [5.41, 5.74) is 3.54. The fourth-order valence-electron chi connectivity index (χ4n) is 4.00. The summed E-state index contributed by atoms with van der Waals surface area (Å²) in [5.74, 6) is -0.550. The SMILES string of the molecule is CSc1ccccc1NC(=O)C1CC(=O)N(c2ccc3c(c2)CCN3C(C)=O)C1. The van der Waals surface area contributed by atoms with Crippen LogP contribution in [0.5, 0.6) is 0 Å². The van der Waals surface area contributed by atoms with E-state index >= 15 is 0 Å². The van der Waals surface area contributed by atoms with Crippen molar-refractivity contribution >= 4 is 46.5 Å². The number of carbonyl (C=O) groups excluding carboxylic acids is 3. The van der Waals surface area contributed by atoms with Gasteiger partial charge in [0.25, 0.3) is 0 Å². The van der Waals surface area contributed by atoms with Gasteiger partial charge in [0.1, 0.15) is 0 Å².